The number of nitro groups is 1. The van der Waals surface area contributed by atoms with Gasteiger partial charge in [0.25, 0.3) is 5.91 Å². The van der Waals surface area contributed by atoms with E-state index in [1.165, 1.54) is 14.0 Å². The molecule has 1 aromatic heterocycles. The number of hydrogen-bond donors (Lipinski definition) is 2. The summed E-state index contributed by atoms with van der Waals surface area (Å²) in [6.45, 7) is 3.47. The van der Waals surface area contributed by atoms with E-state index in [-0.39, 0.29) is 11.4 Å². The van der Waals surface area contributed by atoms with Gasteiger partial charge in [0.1, 0.15) is 11.2 Å². The Bertz CT molecular complexity index is 658. The number of nitrogens with zero attached hydrogens (tertiary/aromatic N) is 3. The summed E-state index contributed by atoms with van der Waals surface area (Å²) in [6, 6.07) is 0. The number of aliphatic carboxylic acids is 1. The van der Waals surface area contributed by atoms with Gasteiger partial charge in [0.2, 0.25) is 5.69 Å². The number of aromatic nitrogens is 2. The Morgan fingerprint density at radius 3 is 2.48 bits per heavy atom. The SMILES string of the molecule is Cc1nn(C)c(C(=O)NC2(C(=O)O)CCC(C)CC2)c1[N+](=O)[O-]. The first kappa shape index (κ1) is 16.9. The first-order chi connectivity index (χ1) is 10.7. The van der Waals surface area contributed by atoms with E-state index in [1.54, 1.807) is 0 Å². The molecule has 2 N–H and O–H groups in total. The van der Waals surface area contributed by atoms with E-state index >= 15 is 0 Å². The molecule has 9 heteroatoms. The second-order valence-corrected chi connectivity index (χ2v) is 6.19. The summed E-state index contributed by atoms with van der Waals surface area (Å²) in [6.07, 6.45) is 1.97. The van der Waals surface area contributed by atoms with Crippen LogP contribution in [0.25, 0.3) is 0 Å². The highest BCUT2D eigenvalue weighted by Crippen LogP contribution is 2.33. The molecule has 1 aliphatic rings. The first-order valence-electron chi connectivity index (χ1n) is 7.42. The lowest BCUT2D eigenvalue weighted by Crippen LogP contribution is -2.56. The number of carboxylic acid groups (broad SMARTS) is 1. The summed E-state index contributed by atoms with van der Waals surface area (Å²) in [4.78, 5) is 34.7. The zero-order chi connectivity index (χ0) is 17.4. The highest BCUT2D eigenvalue weighted by atomic mass is 16.6. The van der Waals surface area contributed by atoms with E-state index in [1.807, 2.05) is 6.92 Å². The van der Waals surface area contributed by atoms with Crippen molar-refractivity contribution in [2.24, 2.45) is 13.0 Å². The molecule has 0 unspecified atom stereocenters. The van der Waals surface area contributed by atoms with Gasteiger partial charge in [-0.05, 0) is 38.5 Å². The van der Waals surface area contributed by atoms with Crippen LogP contribution in [0, 0.1) is 23.0 Å². The van der Waals surface area contributed by atoms with Gasteiger partial charge in [0.15, 0.2) is 0 Å². The fourth-order valence-corrected chi connectivity index (χ4v) is 3.04. The molecule has 0 atom stereocenters. The third-order valence-corrected chi connectivity index (χ3v) is 4.48. The van der Waals surface area contributed by atoms with E-state index in [4.69, 9.17) is 0 Å². The summed E-state index contributed by atoms with van der Waals surface area (Å²) >= 11 is 0. The van der Waals surface area contributed by atoms with Gasteiger partial charge >= 0.3 is 11.7 Å². The van der Waals surface area contributed by atoms with Crippen molar-refractivity contribution in [1.29, 1.82) is 0 Å². The minimum Gasteiger partial charge on any atom is -0.480 e. The van der Waals surface area contributed by atoms with Gasteiger partial charge in [-0.3, -0.25) is 19.6 Å². The standard InChI is InChI=1S/C14H20N4O5/c1-8-4-6-14(7-5-8,13(20)21)15-12(19)11-10(18(22)23)9(2)16-17(11)3/h8H,4-7H2,1-3H3,(H,15,19)(H,20,21). The third-order valence-electron chi connectivity index (χ3n) is 4.48. The van der Waals surface area contributed by atoms with Crippen molar-refractivity contribution in [3.8, 4) is 0 Å². The van der Waals surface area contributed by atoms with Crippen LogP contribution in [0.3, 0.4) is 0 Å². The Kier molecular flexibility index (Phi) is 4.39. The van der Waals surface area contributed by atoms with Crippen molar-refractivity contribution in [2.45, 2.75) is 45.1 Å². The summed E-state index contributed by atoms with van der Waals surface area (Å²) in [7, 11) is 1.42. The van der Waals surface area contributed by atoms with Crippen molar-refractivity contribution < 1.29 is 19.6 Å². The highest BCUT2D eigenvalue weighted by molar-refractivity contribution is 6.00. The highest BCUT2D eigenvalue weighted by Gasteiger charge is 2.44. The molecule has 23 heavy (non-hydrogen) atoms. The zero-order valence-electron chi connectivity index (χ0n) is 13.3. The molecule has 2 rings (SSSR count). The number of nitrogens with one attached hydrogen (secondary N) is 1. The van der Waals surface area contributed by atoms with Crippen LogP contribution >= 0.6 is 0 Å². The molecule has 1 fully saturated rings. The van der Waals surface area contributed by atoms with Gasteiger partial charge in [0.05, 0.1) is 4.92 Å². The molecule has 0 saturated heterocycles. The third kappa shape index (κ3) is 3.03. The number of rotatable bonds is 4. The van der Waals surface area contributed by atoms with E-state index in [0.717, 1.165) is 4.68 Å². The lowest BCUT2D eigenvalue weighted by molar-refractivity contribution is -0.385. The van der Waals surface area contributed by atoms with Crippen LogP contribution in [-0.2, 0) is 11.8 Å². The van der Waals surface area contributed by atoms with Gasteiger partial charge in [-0.15, -0.1) is 0 Å². The van der Waals surface area contributed by atoms with Crippen LogP contribution in [0.4, 0.5) is 5.69 Å². The van der Waals surface area contributed by atoms with Gasteiger partial charge < -0.3 is 10.4 Å². The Labute approximate surface area is 132 Å². The number of hydrogen-bond acceptors (Lipinski definition) is 5. The molecule has 0 spiro atoms. The number of carbonyl (C=O) groups is 2. The average Bonchev–Trinajstić information content (AvgIpc) is 2.76. The van der Waals surface area contributed by atoms with Crippen molar-refractivity contribution in [1.82, 2.24) is 15.1 Å². The minimum absolute atomic E-state index is 0.115. The van der Waals surface area contributed by atoms with E-state index in [2.05, 4.69) is 10.4 Å². The quantitative estimate of drug-likeness (QED) is 0.636. The Hall–Kier alpha value is -2.45. The number of amides is 1. The van der Waals surface area contributed by atoms with Gasteiger partial charge in [-0.2, -0.15) is 5.10 Å². The molecule has 0 bridgehead atoms. The van der Waals surface area contributed by atoms with E-state index in [9.17, 15) is 24.8 Å². The normalized spacial score (nSPS) is 24.2. The summed E-state index contributed by atoms with van der Waals surface area (Å²) in [5.41, 5.74) is -1.89. The molecular formula is C14H20N4O5. The molecule has 0 aromatic carbocycles. The maximum absolute atomic E-state index is 12.5. The molecule has 1 saturated carbocycles. The number of carboxylic acids is 1. The van der Waals surface area contributed by atoms with Gasteiger partial charge in [-0.25, -0.2) is 4.79 Å². The molecule has 0 aliphatic heterocycles. The van der Waals surface area contributed by atoms with Crippen molar-refractivity contribution in [3.05, 3.63) is 21.5 Å². The summed E-state index contributed by atoms with van der Waals surface area (Å²) < 4.78 is 1.11. The zero-order valence-corrected chi connectivity index (χ0v) is 13.3. The molecule has 1 amide bonds. The lowest BCUT2D eigenvalue weighted by atomic mass is 9.77. The maximum atomic E-state index is 12.5. The van der Waals surface area contributed by atoms with E-state index < -0.39 is 28.0 Å². The van der Waals surface area contributed by atoms with Crippen LogP contribution in [0.5, 0.6) is 0 Å². The van der Waals surface area contributed by atoms with Crippen molar-refractivity contribution in [2.75, 3.05) is 0 Å². The van der Waals surface area contributed by atoms with Crippen LogP contribution in [0.2, 0.25) is 0 Å². The maximum Gasteiger partial charge on any atom is 0.329 e. The van der Waals surface area contributed by atoms with Crippen molar-refractivity contribution >= 4 is 17.6 Å². The fraction of sp³-hybridized carbons (Fsp3) is 0.643. The predicted octanol–water partition coefficient (Wildman–Crippen LogP) is 1.40. The van der Waals surface area contributed by atoms with Crippen LogP contribution < -0.4 is 5.32 Å². The Morgan fingerprint density at radius 1 is 1.43 bits per heavy atom. The molecule has 1 aliphatic carbocycles. The van der Waals surface area contributed by atoms with Crippen molar-refractivity contribution in [3.63, 3.8) is 0 Å². The lowest BCUT2D eigenvalue weighted by Gasteiger charge is -2.36. The molecular weight excluding hydrogens is 304 g/mol. The summed E-state index contributed by atoms with van der Waals surface area (Å²) in [5.74, 6) is -1.50. The molecule has 126 valence electrons. The van der Waals surface area contributed by atoms with Crippen LogP contribution in [0.15, 0.2) is 0 Å². The number of carbonyl (C=O) groups excluding carboxylic acids is 1. The smallest absolute Gasteiger partial charge is 0.329 e. The second-order valence-electron chi connectivity index (χ2n) is 6.19. The minimum atomic E-state index is -1.38. The molecule has 1 heterocycles. The molecule has 1 aromatic rings. The molecule has 0 radical (unpaired) electrons. The molecule has 9 nitrogen and oxygen atoms in total. The predicted molar refractivity (Wildman–Crippen MR) is 80.1 cm³/mol. The Balaban J connectivity index is 2.34. The van der Waals surface area contributed by atoms with Crippen LogP contribution in [-0.4, -0.2) is 37.2 Å². The van der Waals surface area contributed by atoms with Crippen LogP contribution in [0.1, 0.15) is 48.8 Å². The van der Waals surface area contributed by atoms with Gasteiger partial charge in [0, 0.05) is 7.05 Å². The topological polar surface area (TPSA) is 127 Å². The van der Waals surface area contributed by atoms with Gasteiger partial charge in [-0.1, -0.05) is 6.92 Å². The average molecular weight is 324 g/mol. The Morgan fingerprint density at radius 2 is 2.00 bits per heavy atom. The van der Waals surface area contributed by atoms with E-state index in [0.29, 0.717) is 31.6 Å². The fourth-order valence-electron chi connectivity index (χ4n) is 3.04. The number of aryl methyl sites for hydroxylation is 2. The largest absolute Gasteiger partial charge is 0.480 e. The monoisotopic (exact) mass is 324 g/mol. The second kappa shape index (κ2) is 5.98. The summed E-state index contributed by atoms with van der Waals surface area (Å²) in [5, 5.41) is 27.1. The first-order valence-corrected chi connectivity index (χ1v) is 7.42.